The minimum absolute atomic E-state index is 0.0141. The Labute approximate surface area is 145 Å². The summed E-state index contributed by atoms with van der Waals surface area (Å²) >= 11 is 1.52. The Kier molecular flexibility index (Phi) is 5.52. The molecule has 130 valence electrons. The number of amides is 2. The van der Waals surface area contributed by atoms with E-state index in [1.165, 1.54) is 16.2 Å². The molecule has 1 aliphatic heterocycles. The molecule has 2 N–H and O–H groups in total. The Morgan fingerprint density at radius 3 is 3.25 bits per heavy atom. The lowest BCUT2D eigenvalue weighted by Crippen LogP contribution is -2.39. The molecule has 0 aromatic carbocycles. The average Bonchev–Trinajstić information content (AvgIpc) is 3.28. The van der Waals surface area contributed by atoms with Gasteiger partial charge in [0.1, 0.15) is 11.9 Å². The molecule has 1 aliphatic rings. The lowest BCUT2D eigenvalue weighted by molar-refractivity contribution is 0.110. The number of hydrogen-bond donors (Lipinski definition) is 2. The van der Waals surface area contributed by atoms with Crippen LogP contribution in [-0.2, 0) is 6.42 Å². The molecule has 7 heteroatoms. The number of nitrogens with zero attached hydrogens (tertiary/aromatic N) is 2. The van der Waals surface area contributed by atoms with Gasteiger partial charge in [-0.15, -0.1) is 11.3 Å². The smallest absolute Gasteiger partial charge is 0.323 e. The highest BCUT2D eigenvalue weighted by atomic mass is 32.1. The van der Waals surface area contributed by atoms with Crippen LogP contribution >= 0.6 is 11.3 Å². The van der Waals surface area contributed by atoms with Gasteiger partial charge in [0, 0.05) is 30.1 Å². The van der Waals surface area contributed by atoms with Gasteiger partial charge in [0.05, 0.1) is 6.26 Å². The molecule has 0 saturated carbocycles. The normalized spacial score (nSPS) is 18.8. The monoisotopic (exact) mass is 349 g/mol. The first kappa shape index (κ1) is 17.0. The number of thiazole rings is 1. The average molecular weight is 349 g/mol. The molecular weight excluding hydrogens is 326 g/mol. The molecule has 2 atom stereocenters. The lowest BCUT2D eigenvalue weighted by Gasteiger charge is -2.25. The fourth-order valence-corrected chi connectivity index (χ4v) is 4.00. The number of hydrogen-bond acceptors (Lipinski definition) is 5. The van der Waals surface area contributed by atoms with Gasteiger partial charge in [-0.3, -0.25) is 5.32 Å². The standard InChI is InChI=1S/C17H23N3O3S/c1-2-5-13-11-18-16(24-13)19-17(22)20-8-3-6-12(20)10-14(21)15-7-4-9-23-15/h4,7,9,11-12,14,21H,2-3,5-6,8,10H2,1H3,(H,18,19,22). The number of likely N-dealkylation sites (tertiary alicyclic amines) is 1. The van der Waals surface area contributed by atoms with Gasteiger partial charge in [0.2, 0.25) is 0 Å². The molecule has 0 bridgehead atoms. The van der Waals surface area contributed by atoms with Crippen LogP contribution < -0.4 is 5.32 Å². The van der Waals surface area contributed by atoms with E-state index in [1.54, 1.807) is 23.3 Å². The molecule has 0 spiro atoms. The number of carbonyl (C=O) groups is 1. The summed E-state index contributed by atoms with van der Waals surface area (Å²) in [6, 6.07) is 3.39. The van der Waals surface area contributed by atoms with Gasteiger partial charge in [-0.2, -0.15) is 0 Å². The minimum Gasteiger partial charge on any atom is -0.467 e. The zero-order valence-electron chi connectivity index (χ0n) is 13.8. The van der Waals surface area contributed by atoms with Crippen molar-refractivity contribution in [1.29, 1.82) is 0 Å². The Bertz CT molecular complexity index is 656. The van der Waals surface area contributed by atoms with E-state index in [9.17, 15) is 9.90 Å². The highest BCUT2D eigenvalue weighted by Gasteiger charge is 2.31. The number of anilines is 1. The molecule has 3 rings (SSSR count). The third-order valence-corrected chi connectivity index (χ3v) is 5.24. The maximum atomic E-state index is 12.5. The van der Waals surface area contributed by atoms with Crippen LogP contribution in [0.25, 0.3) is 0 Å². The molecular formula is C17H23N3O3S. The lowest BCUT2D eigenvalue weighted by atomic mass is 10.1. The largest absolute Gasteiger partial charge is 0.467 e. The molecule has 0 aliphatic carbocycles. The Morgan fingerprint density at radius 1 is 1.62 bits per heavy atom. The number of aliphatic hydroxyl groups excluding tert-OH is 1. The molecule has 0 radical (unpaired) electrons. The van der Waals surface area contributed by atoms with E-state index >= 15 is 0 Å². The van der Waals surface area contributed by atoms with E-state index in [2.05, 4.69) is 17.2 Å². The molecule has 1 saturated heterocycles. The fraction of sp³-hybridized carbons (Fsp3) is 0.529. The van der Waals surface area contributed by atoms with Crippen molar-refractivity contribution in [2.24, 2.45) is 0 Å². The highest BCUT2D eigenvalue weighted by Crippen LogP contribution is 2.28. The number of rotatable bonds is 6. The van der Waals surface area contributed by atoms with E-state index in [4.69, 9.17) is 4.42 Å². The van der Waals surface area contributed by atoms with Gasteiger partial charge < -0.3 is 14.4 Å². The maximum absolute atomic E-state index is 12.5. The van der Waals surface area contributed by atoms with Crippen LogP contribution in [0.2, 0.25) is 0 Å². The molecule has 2 unspecified atom stereocenters. The van der Waals surface area contributed by atoms with Gasteiger partial charge in [0.15, 0.2) is 5.13 Å². The summed E-state index contributed by atoms with van der Waals surface area (Å²) in [5.74, 6) is 0.548. The third kappa shape index (κ3) is 3.96. The predicted octanol–water partition coefficient (Wildman–Crippen LogP) is 3.81. The Morgan fingerprint density at radius 2 is 2.50 bits per heavy atom. The molecule has 2 aromatic rings. The second kappa shape index (κ2) is 7.81. The summed E-state index contributed by atoms with van der Waals surface area (Å²) in [4.78, 5) is 19.8. The van der Waals surface area contributed by atoms with E-state index in [0.717, 1.165) is 25.7 Å². The summed E-state index contributed by atoms with van der Waals surface area (Å²) in [6.07, 6.45) is 7.06. The molecule has 3 heterocycles. The van der Waals surface area contributed by atoms with Gasteiger partial charge in [-0.1, -0.05) is 13.3 Å². The van der Waals surface area contributed by atoms with Crippen molar-refractivity contribution in [2.45, 2.75) is 51.2 Å². The van der Waals surface area contributed by atoms with Crippen LogP contribution in [0.3, 0.4) is 0 Å². The number of aliphatic hydroxyl groups is 1. The zero-order chi connectivity index (χ0) is 16.9. The minimum atomic E-state index is -0.686. The van der Waals surface area contributed by atoms with Crippen LogP contribution in [0.4, 0.5) is 9.93 Å². The van der Waals surface area contributed by atoms with Crippen molar-refractivity contribution in [3.8, 4) is 0 Å². The number of nitrogens with one attached hydrogen (secondary N) is 1. The van der Waals surface area contributed by atoms with Crippen LogP contribution in [0.5, 0.6) is 0 Å². The first-order chi connectivity index (χ1) is 11.7. The third-order valence-electron chi connectivity index (χ3n) is 4.27. The van der Waals surface area contributed by atoms with Crippen LogP contribution in [0, 0.1) is 0 Å². The van der Waals surface area contributed by atoms with Gasteiger partial charge in [0.25, 0.3) is 0 Å². The topological polar surface area (TPSA) is 78.6 Å². The molecule has 24 heavy (non-hydrogen) atoms. The highest BCUT2D eigenvalue weighted by molar-refractivity contribution is 7.15. The summed E-state index contributed by atoms with van der Waals surface area (Å²) in [6.45, 7) is 2.83. The Hall–Kier alpha value is -1.86. The van der Waals surface area contributed by atoms with Crippen molar-refractivity contribution in [2.75, 3.05) is 11.9 Å². The predicted molar refractivity (Wildman–Crippen MR) is 93.1 cm³/mol. The quantitative estimate of drug-likeness (QED) is 0.831. The van der Waals surface area contributed by atoms with Crippen molar-refractivity contribution in [1.82, 2.24) is 9.88 Å². The van der Waals surface area contributed by atoms with Gasteiger partial charge in [-0.05, 0) is 31.4 Å². The number of aromatic nitrogens is 1. The second-order valence-electron chi connectivity index (χ2n) is 6.07. The van der Waals surface area contributed by atoms with Crippen molar-refractivity contribution in [3.63, 3.8) is 0 Å². The zero-order valence-corrected chi connectivity index (χ0v) is 14.6. The van der Waals surface area contributed by atoms with Crippen molar-refractivity contribution in [3.05, 3.63) is 35.2 Å². The second-order valence-corrected chi connectivity index (χ2v) is 7.18. The molecule has 1 fully saturated rings. The first-order valence-electron chi connectivity index (χ1n) is 8.41. The molecule has 6 nitrogen and oxygen atoms in total. The van der Waals surface area contributed by atoms with E-state index < -0.39 is 6.10 Å². The summed E-state index contributed by atoms with van der Waals surface area (Å²) in [5, 5.41) is 13.8. The fourth-order valence-electron chi connectivity index (χ4n) is 3.09. The SMILES string of the molecule is CCCc1cnc(NC(=O)N2CCCC2CC(O)c2ccco2)s1. The van der Waals surface area contributed by atoms with Gasteiger partial charge >= 0.3 is 6.03 Å². The van der Waals surface area contributed by atoms with E-state index in [0.29, 0.717) is 23.9 Å². The van der Waals surface area contributed by atoms with E-state index in [1.807, 2.05) is 6.20 Å². The molecule has 2 aromatic heterocycles. The van der Waals surface area contributed by atoms with Crippen LogP contribution in [0.1, 0.15) is 49.3 Å². The number of urea groups is 1. The van der Waals surface area contributed by atoms with Crippen molar-refractivity contribution >= 4 is 22.5 Å². The summed E-state index contributed by atoms with van der Waals surface area (Å²) in [5.41, 5.74) is 0. The van der Waals surface area contributed by atoms with E-state index in [-0.39, 0.29) is 12.1 Å². The van der Waals surface area contributed by atoms with Crippen LogP contribution in [-0.4, -0.2) is 33.6 Å². The number of aryl methyl sites for hydroxylation is 1. The first-order valence-corrected chi connectivity index (χ1v) is 9.22. The van der Waals surface area contributed by atoms with Crippen molar-refractivity contribution < 1.29 is 14.3 Å². The molecule has 2 amide bonds. The maximum Gasteiger partial charge on any atom is 0.323 e. The van der Waals surface area contributed by atoms with Crippen LogP contribution in [0.15, 0.2) is 29.0 Å². The van der Waals surface area contributed by atoms with Gasteiger partial charge in [-0.25, -0.2) is 9.78 Å². The number of carbonyl (C=O) groups excluding carboxylic acids is 1. The summed E-state index contributed by atoms with van der Waals surface area (Å²) < 4.78 is 5.25. The summed E-state index contributed by atoms with van der Waals surface area (Å²) in [7, 11) is 0. The number of furan rings is 1. The Balaban J connectivity index is 1.58.